The number of hydrogen-bond donors (Lipinski definition) is 0. The quantitative estimate of drug-likeness (QED) is 0.596. The minimum absolute atomic E-state index is 0.313. The second-order valence-electron chi connectivity index (χ2n) is 6.21. The lowest BCUT2D eigenvalue weighted by atomic mass is 9.79. The molecule has 0 aliphatic carbocycles. The molecule has 0 N–H and O–H groups in total. The van der Waals surface area contributed by atoms with Gasteiger partial charge in [0.1, 0.15) is 5.75 Å². The van der Waals surface area contributed by atoms with E-state index in [0.717, 1.165) is 29.3 Å². The molecule has 0 aromatic heterocycles. The number of thioether (sulfide) groups is 1. The molecule has 0 amide bonds. The van der Waals surface area contributed by atoms with Gasteiger partial charge < -0.3 is 14.0 Å². The minimum atomic E-state index is -0.330. The Bertz CT molecular complexity index is 460. The normalized spacial score (nSPS) is 19.8. The van der Waals surface area contributed by atoms with Crippen molar-refractivity contribution in [2.45, 2.75) is 45.8 Å². The van der Waals surface area contributed by atoms with E-state index in [1.165, 1.54) is 0 Å². The van der Waals surface area contributed by atoms with Crippen LogP contribution in [0.15, 0.2) is 24.3 Å². The highest BCUT2D eigenvalue weighted by Gasteiger charge is 2.51. The maximum absolute atomic E-state index is 6.07. The molecule has 21 heavy (non-hydrogen) atoms. The number of benzene rings is 1. The van der Waals surface area contributed by atoms with Gasteiger partial charge in [0, 0.05) is 5.75 Å². The van der Waals surface area contributed by atoms with Crippen molar-refractivity contribution < 1.29 is 14.0 Å². The fraction of sp³-hybridized carbons (Fsp3) is 0.625. The van der Waals surface area contributed by atoms with Crippen LogP contribution in [-0.2, 0) is 9.31 Å². The fourth-order valence-electron chi connectivity index (χ4n) is 2.09. The Kier molecular flexibility index (Phi) is 5.28. The van der Waals surface area contributed by atoms with Crippen molar-refractivity contribution in [3.05, 3.63) is 24.3 Å². The van der Waals surface area contributed by atoms with Crippen molar-refractivity contribution in [1.29, 1.82) is 0 Å². The molecule has 1 aliphatic rings. The largest absolute Gasteiger partial charge is 0.494 e. The van der Waals surface area contributed by atoms with Crippen molar-refractivity contribution >= 4 is 24.3 Å². The molecular weight excluding hydrogens is 283 g/mol. The van der Waals surface area contributed by atoms with Crippen LogP contribution in [0.3, 0.4) is 0 Å². The second kappa shape index (κ2) is 6.63. The summed E-state index contributed by atoms with van der Waals surface area (Å²) in [5.74, 6) is 3.01. The molecule has 0 saturated carbocycles. The van der Waals surface area contributed by atoms with Crippen LogP contribution in [0, 0.1) is 0 Å². The lowest BCUT2D eigenvalue weighted by Gasteiger charge is -2.32. The zero-order valence-electron chi connectivity index (χ0n) is 13.6. The van der Waals surface area contributed by atoms with Gasteiger partial charge in [-0.3, -0.25) is 0 Å². The van der Waals surface area contributed by atoms with Crippen LogP contribution in [0.1, 0.15) is 34.6 Å². The van der Waals surface area contributed by atoms with Crippen molar-refractivity contribution in [2.24, 2.45) is 0 Å². The number of rotatable bonds is 6. The first kappa shape index (κ1) is 16.7. The van der Waals surface area contributed by atoms with E-state index in [1.54, 1.807) is 0 Å². The lowest BCUT2D eigenvalue weighted by molar-refractivity contribution is 0.00578. The molecule has 116 valence electrons. The number of hydrogen-bond acceptors (Lipinski definition) is 4. The van der Waals surface area contributed by atoms with E-state index in [-0.39, 0.29) is 18.3 Å². The van der Waals surface area contributed by atoms with E-state index in [4.69, 9.17) is 14.0 Å². The molecule has 1 heterocycles. The average Bonchev–Trinajstić information content (AvgIpc) is 2.64. The summed E-state index contributed by atoms with van der Waals surface area (Å²) in [6, 6.07) is 8.00. The summed E-state index contributed by atoms with van der Waals surface area (Å²) >= 11 is 1.88. The predicted molar refractivity (Wildman–Crippen MR) is 90.7 cm³/mol. The standard InChI is InChI=1S/C16H25BO3S/c1-6-21-11-10-18-14-9-7-8-13(12-14)17-19-15(2,3)16(4,5)20-17/h7-9,12H,6,10-11H2,1-5H3. The Morgan fingerprint density at radius 2 is 1.81 bits per heavy atom. The van der Waals surface area contributed by atoms with Crippen molar-refractivity contribution in [1.82, 2.24) is 0 Å². The fourth-order valence-corrected chi connectivity index (χ4v) is 2.58. The Morgan fingerprint density at radius 1 is 1.14 bits per heavy atom. The first-order chi connectivity index (χ1) is 9.86. The van der Waals surface area contributed by atoms with Gasteiger partial charge in [-0.05, 0) is 51.0 Å². The molecule has 0 spiro atoms. The van der Waals surface area contributed by atoms with Crippen LogP contribution in [0.5, 0.6) is 5.75 Å². The predicted octanol–water partition coefficient (Wildman–Crippen LogP) is 3.12. The summed E-state index contributed by atoms with van der Waals surface area (Å²) in [6.07, 6.45) is 0. The van der Waals surface area contributed by atoms with E-state index in [9.17, 15) is 0 Å². The third kappa shape index (κ3) is 3.96. The van der Waals surface area contributed by atoms with Gasteiger partial charge in [0.05, 0.1) is 17.8 Å². The third-order valence-corrected chi connectivity index (χ3v) is 4.95. The van der Waals surface area contributed by atoms with Crippen molar-refractivity contribution in [2.75, 3.05) is 18.1 Å². The molecular formula is C16H25BO3S. The summed E-state index contributed by atoms with van der Waals surface area (Å²) < 4.78 is 17.9. The van der Waals surface area contributed by atoms with E-state index in [1.807, 2.05) is 36.0 Å². The molecule has 1 aliphatic heterocycles. The van der Waals surface area contributed by atoms with Gasteiger partial charge in [-0.1, -0.05) is 19.1 Å². The van der Waals surface area contributed by atoms with Crippen LogP contribution in [0.2, 0.25) is 0 Å². The smallest absolute Gasteiger partial charge is 0.493 e. The Balaban J connectivity index is 2.02. The van der Waals surface area contributed by atoms with Gasteiger partial charge >= 0.3 is 7.12 Å². The molecule has 1 aromatic carbocycles. The first-order valence-electron chi connectivity index (χ1n) is 7.52. The van der Waals surface area contributed by atoms with Crippen LogP contribution >= 0.6 is 11.8 Å². The Morgan fingerprint density at radius 3 is 2.43 bits per heavy atom. The summed E-state index contributed by atoms with van der Waals surface area (Å²) in [4.78, 5) is 0. The summed E-state index contributed by atoms with van der Waals surface area (Å²) in [5.41, 5.74) is 0.382. The SMILES string of the molecule is CCSCCOc1cccc(B2OC(C)(C)C(C)(C)O2)c1. The molecule has 5 heteroatoms. The highest BCUT2D eigenvalue weighted by Crippen LogP contribution is 2.36. The summed E-state index contributed by atoms with van der Waals surface area (Å²) in [7, 11) is -0.330. The second-order valence-corrected chi connectivity index (χ2v) is 7.60. The summed E-state index contributed by atoms with van der Waals surface area (Å²) in [5, 5.41) is 0. The molecule has 0 unspecified atom stereocenters. The monoisotopic (exact) mass is 308 g/mol. The molecule has 0 radical (unpaired) electrons. The maximum Gasteiger partial charge on any atom is 0.494 e. The summed E-state index contributed by atoms with van der Waals surface area (Å²) in [6.45, 7) is 11.1. The van der Waals surface area contributed by atoms with Gasteiger partial charge in [0.25, 0.3) is 0 Å². The average molecular weight is 308 g/mol. The zero-order valence-corrected chi connectivity index (χ0v) is 14.5. The van der Waals surface area contributed by atoms with Crippen LogP contribution < -0.4 is 10.2 Å². The molecule has 3 nitrogen and oxygen atoms in total. The van der Waals surface area contributed by atoms with Gasteiger partial charge in [-0.15, -0.1) is 0 Å². The highest BCUT2D eigenvalue weighted by molar-refractivity contribution is 7.99. The van der Waals surface area contributed by atoms with E-state index >= 15 is 0 Å². The van der Waals surface area contributed by atoms with Gasteiger partial charge in [-0.2, -0.15) is 11.8 Å². The topological polar surface area (TPSA) is 27.7 Å². The molecule has 1 fully saturated rings. The Hall–Kier alpha value is -0.645. The van der Waals surface area contributed by atoms with Crippen LogP contribution in [0.4, 0.5) is 0 Å². The Labute approximate surface area is 132 Å². The molecule has 2 rings (SSSR count). The molecule has 1 aromatic rings. The maximum atomic E-state index is 6.07. The lowest BCUT2D eigenvalue weighted by Crippen LogP contribution is -2.41. The van der Waals surface area contributed by atoms with E-state index < -0.39 is 0 Å². The molecule has 1 saturated heterocycles. The van der Waals surface area contributed by atoms with Crippen LogP contribution in [-0.4, -0.2) is 36.4 Å². The third-order valence-electron chi connectivity index (χ3n) is 4.08. The zero-order chi connectivity index (χ0) is 15.5. The van der Waals surface area contributed by atoms with Crippen molar-refractivity contribution in [3.63, 3.8) is 0 Å². The van der Waals surface area contributed by atoms with E-state index in [2.05, 4.69) is 34.6 Å². The van der Waals surface area contributed by atoms with Crippen molar-refractivity contribution in [3.8, 4) is 5.75 Å². The minimum Gasteiger partial charge on any atom is -0.493 e. The highest BCUT2D eigenvalue weighted by atomic mass is 32.2. The number of ether oxygens (including phenoxy) is 1. The van der Waals surface area contributed by atoms with Gasteiger partial charge in [0.15, 0.2) is 0 Å². The first-order valence-corrected chi connectivity index (χ1v) is 8.67. The van der Waals surface area contributed by atoms with Crippen LogP contribution in [0.25, 0.3) is 0 Å². The molecule has 0 atom stereocenters. The van der Waals surface area contributed by atoms with Gasteiger partial charge in [-0.25, -0.2) is 0 Å². The van der Waals surface area contributed by atoms with Gasteiger partial charge in [0.2, 0.25) is 0 Å². The van der Waals surface area contributed by atoms with E-state index in [0.29, 0.717) is 0 Å². The molecule has 0 bridgehead atoms.